The Morgan fingerprint density at radius 2 is 1.90 bits per heavy atom. The van der Waals surface area contributed by atoms with Gasteiger partial charge >= 0.3 is 0 Å². The highest BCUT2D eigenvalue weighted by Gasteiger charge is 2.13. The molecule has 0 heterocycles. The van der Waals surface area contributed by atoms with Gasteiger partial charge in [-0.15, -0.1) is 0 Å². The molecule has 0 atom stereocenters. The molecule has 0 spiro atoms. The van der Waals surface area contributed by atoms with Crippen LogP contribution in [0.4, 0.5) is 0 Å². The lowest BCUT2D eigenvalue weighted by molar-refractivity contribution is 0.994. The fraction of sp³-hybridized carbons (Fsp3) is 0.200. The van der Waals surface area contributed by atoms with Crippen molar-refractivity contribution in [3.8, 4) is 0 Å². The van der Waals surface area contributed by atoms with Crippen LogP contribution < -0.4 is 0 Å². The Bertz CT molecular complexity index is 837. The molecule has 0 saturated heterocycles. The van der Waals surface area contributed by atoms with Crippen molar-refractivity contribution in [2.75, 3.05) is 0 Å². The van der Waals surface area contributed by atoms with Gasteiger partial charge in [-0.05, 0) is 63.6 Å². The standard InChI is InChI=1S/C20H18/c1-2-17-18-9-5-4-8-15(18)13-16-12-11-14-7-3-6-10-19(14)20(16)17/h3-5,7-9,11-13H,2,6,10H2,1H3. The Labute approximate surface area is 119 Å². The second-order valence-corrected chi connectivity index (χ2v) is 5.60. The molecule has 0 amide bonds. The van der Waals surface area contributed by atoms with Gasteiger partial charge in [-0.3, -0.25) is 0 Å². The third kappa shape index (κ3) is 1.61. The maximum atomic E-state index is 2.35. The minimum absolute atomic E-state index is 1.10. The maximum absolute atomic E-state index is 2.35. The zero-order chi connectivity index (χ0) is 13.5. The summed E-state index contributed by atoms with van der Waals surface area (Å²) in [6, 6.07) is 15.7. The van der Waals surface area contributed by atoms with Crippen molar-refractivity contribution < 1.29 is 0 Å². The van der Waals surface area contributed by atoms with E-state index in [0.29, 0.717) is 0 Å². The molecule has 1 aliphatic rings. The molecule has 0 bridgehead atoms. The van der Waals surface area contributed by atoms with Crippen molar-refractivity contribution in [2.45, 2.75) is 26.2 Å². The Hall–Kier alpha value is -2.08. The average Bonchev–Trinajstić information content (AvgIpc) is 2.52. The van der Waals surface area contributed by atoms with E-state index in [1.165, 1.54) is 45.5 Å². The van der Waals surface area contributed by atoms with Gasteiger partial charge in [0.1, 0.15) is 0 Å². The van der Waals surface area contributed by atoms with Gasteiger partial charge in [0.15, 0.2) is 0 Å². The summed E-state index contributed by atoms with van der Waals surface area (Å²) in [5.41, 5.74) is 4.48. The lowest BCUT2D eigenvalue weighted by Gasteiger charge is -2.18. The highest BCUT2D eigenvalue weighted by molar-refractivity contribution is 6.04. The van der Waals surface area contributed by atoms with Crippen LogP contribution in [0.1, 0.15) is 30.0 Å². The average molecular weight is 258 g/mol. The van der Waals surface area contributed by atoms with Gasteiger partial charge in [-0.25, -0.2) is 0 Å². The SMILES string of the molecule is CCc1c2ccccc2cc2ccc3c(c12)CCC=C3. The summed E-state index contributed by atoms with van der Waals surface area (Å²) in [6.07, 6.45) is 8.02. The first kappa shape index (κ1) is 11.7. The van der Waals surface area contributed by atoms with Crippen LogP contribution in [0, 0.1) is 0 Å². The summed E-state index contributed by atoms with van der Waals surface area (Å²) < 4.78 is 0. The molecule has 0 aromatic heterocycles. The van der Waals surface area contributed by atoms with Gasteiger partial charge in [0.25, 0.3) is 0 Å². The van der Waals surface area contributed by atoms with Crippen molar-refractivity contribution in [2.24, 2.45) is 0 Å². The van der Waals surface area contributed by atoms with Crippen molar-refractivity contribution in [3.63, 3.8) is 0 Å². The van der Waals surface area contributed by atoms with E-state index in [2.05, 4.69) is 61.5 Å². The smallest absolute Gasteiger partial charge is 0.0107 e. The van der Waals surface area contributed by atoms with E-state index in [-0.39, 0.29) is 0 Å². The van der Waals surface area contributed by atoms with Crippen molar-refractivity contribution in [1.82, 2.24) is 0 Å². The monoisotopic (exact) mass is 258 g/mol. The molecule has 3 aromatic carbocycles. The third-order valence-electron chi connectivity index (χ3n) is 4.49. The Kier molecular flexibility index (Phi) is 2.63. The van der Waals surface area contributed by atoms with Crippen LogP contribution in [0.25, 0.3) is 27.6 Å². The molecule has 0 saturated carbocycles. The number of hydrogen-bond donors (Lipinski definition) is 0. The number of aryl methyl sites for hydroxylation is 2. The Morgan fingerprint density at radius 3 is 2.80 bits per heavy atom. The first-order valence-corrected chi connectivity index (χ1v) is 7.51. The van der Waals surface area contributed by atoms with Crippen molar-refractivity contribution in [1.29, 1.82) is 0 Å². The summed E-state index contributed by atoms with van der Waals surface area (Å²) >= 11 is 0. The molecule has 0 N–H and O–H groups in total. The summed E-state index contributed by atoms with van der Waals surface area (Å²) in [5, 5.41) is 5.69. The minimum Gasteiger partial charge on any atom is -0.0836 e. The summed E-state index contributed by atoms with van der Waals surface area (Å²) in [6.45, 7) is 2.28. The van der Waals surface area contributed by atoms with Crippen LogP contribution in [0.15, 0.2) is 48.5 Å². The van der Waals surface area contributed by atoms with Gasteiger partial charge in [-0.1, -0.05) is 55.5 Å². The number of allylic oxidation sites excluding steroid dienone is 1. The van der Waals surface area contributed by atoms with Crippen LogP contribution >= 0.6 is 0 Å². The molecule has 0 fully saturated rings. The molecule has 20 heavy (non-hydrogen) atoms. The lowest BCUT2D eigenvalue weighted by atomic mass is 9.86. The molecule has 0 unspecified atom stereocenters. The first-order valence-electron chi connectivity index (χ1n) is 7.51. The van der Waals surface area contributed by atoms with Gasteiger partial charge in [-0.2, -0.15) is 0 Å². The summed E-state index contributed by atoms with van der Waals surface area (Å²) in [7, 11) is 0. The maximum Gasteiger partial charge on any atom is -0.0107 e. The van der Waals surface area contributed by atoms with Crippen LogP contribution in [0.3, 0.4) is 0 Å². The Morgan fingerprint density at radius 1 is 1.00 bits per heavy atom. The summed E-state index contributed by atoms with van der Waals surface area (Å²) in [5.74, 6) is 0. The van der Waals surface area contributed by atoms with E-state index in [0.717, 1.165) is 6.42 Å². The van der Waals surface area contributed by atoms with E-state index in [1.54, 1.807) is 5.56 Å². The summed E-state index contributed by atoms with van der Waals surface area (Å²) in [4.78, 5) is 0. The first-order chi connectivity index (χ1) is 9.88. The fourth-order valence-corrected chi connectivity index (χ4v) is 3.59. The van der Waals surface area contributed by atoms with Crippen molar-refractivity contribution in [3.05, 3.63) is 65.2 Å². The van der Waals surface area contributed by atoms with Gasteiger partial charge < -0.3 is 0 Å². The topological polar surface area (TPSA) is 0 Å². The molecule has 4 rings (SSSR count). The number of benzene rings is 3. The normalized spacial score (nSPS) is 13.8. The van der Waals surface area contributed by atoms with Gasteiger partial charge in [0.2, 0.25) is 0 Å². The predicted octanol–water partition coefficient (Wildman–Crippen LogP) is 5.51. The highest BCUT2D eigenvalue weighted by atomic mass is 14.2. The molecule has 0 nitrogen and oxygen atoms in total. The van der Waals surface area contributed by atoms with E-state index in [9.17, 15) is 0 Å². The molecular weight excluding hydrogens is 240 g/mol. The largest absolute Gasteiger partial charge is 0.0836 e. The second-order valence-electron chi connectivity index (χ2n) is 5.60. The van der Waals surface area contributed by atoms with Gasteiger partial charge in [0, 0.05) is 0 Å². The van der Waals surface area contributed by atoms with Gasteiger partial charge in [0.05, 0.1) is 0 Å². The van der Waals surface area contributed by atoms with E-state index in [4.69, 9.17) is 0 Å². The minimum atomic E-state index is 1.10. The molecule has 3 aromatic rings. The molecule has 0 aliphatic heterocycles. The molecule has 1 aliphatic carbocycles. The number of fused-ring (bicyclic) bond motifs is 4. The second kappa shape index (κ2) is 4.49. The highest BCUT2D eigenvalue weighted by Crippen LogP contribution is 2.35. The van der Waals surface area contributed by atoms with Crippen molar-refractivity contribution >= 4 is 27.6 Å². The molecule has 98 valence electrons. The quantitative estimate of drug-likeness (QED) is 0.504. The van der Waals surface area contributed by atoms with Crippen LogP contribution in [-0.2, 0) is 12.8 Å². The Balaban J connectivity index is 2.22. The van der Waals surface area contributed by atoms with Crippen LogP contribution in [-0.4, -0.2) is 0 Å². The molecular formula is C20H18. The van der Waals surface area contributed by atoms with E-state index in [1.807, 2.05) is 0 Å². The number of hydrogen-bond acceptors (Lipinski definition) is 0. The van der Waals surface area contributed by atoms with E-state index >= 15 is 0 Å². The molecule has 0 radical (unpaired) electrons. The zero-order valence-corrected chi connectivity index (χ0v) is 11.8. The predicted molar refractivity (Wildman–Crippen MR) is 88.2 cm³/mol. The molecule has 0 heteroatoms. The number of rotatable bonds is 1. The fourth-order valence-electron chi connectivity index (χ4n) is 3.59. The third-order valence-corrected chi connectivity index (χ3v) is 4.49. The van der Waals surface area contributed by atoms with E-state index < -0.39 is 0 Å². The lowest BCUT2D eigenvalue weighted by Crippen LogP contribution is -1.99. The van der Waals surface area contributed by atoms with Crippen LogP contribution in [0.2, 0.25) is 0 Å². The zero-order valence-electron chi connectivity index (χ0n) is 11.8. The van der Waals surface area contributed by atoms with Crippen LogP contribution in [0.5, 0.6) is 0 Å².